The Morgan fingerprint density at radius 2 is 1.86 bits per heavy atom. The maximum atomic E-state index is 12.0. The molecule has 0 unspecified atom stereocenters. The number of ether oxygens (including phenoxy) is 1. The first-order chi connectivity index (χ1) is 10.1. The zero-order chi connectivity index (χ0) is 17.0. The van der Waals surface area contributed by atoms with Gasteiger partial charge in [-0.05, 0) is 32.9 Å². The topological polar surface area (TPSA) is 84.8 Å². The molecule has 0 aromatic heterocycles. The third-order valence-electron chi connectivity index (χ3n) is 2.65. The van der Waals surface area contributed by atoms with Crippen molar-refractivity contribution in [1.82, 2.24) is 4.83 Å². The van der Waals surface area contributed by atoms with E-state index in [-0.39, 0.29) is 17.2 Å². The van der Waals surface area contributed by atoms with E-state index in [0.29, 0.717) is 0 Å². The Morgan fingerprint density at radius 3 is 2.36 bits per heavy atom. The summed E-state index contributed by atoms with van der Waals surface area (Å²) >= 11 is 11.7. The first-order valence-electron chi connectivity index (χ1n) is 6.29. The van der Waals surface area contributed by atoms with Crippen molar-refractivity contribution in [1.29, 1.82) is 0 Å². The minimum atomic E-state index is -3.88. The second-order valence-electron chi connectivity index (χ2n) is 4.40. The lowest BCUT2D eigenvalue weighted by atomic mass is 10.2. The van der Waals surface area contributed by atoms with Crippen LogP contribution in [0.1, 0.15) is 19.4 Å². The van der Waals surface area contributed by atoms with Crippen LogP contribution < -0.4 is 4.83 Å². The second kappa shape index (κ2) is 7.30. The van der Waals surface area contributed by atoms with Gasteiger partial charge in [0, 0.05) is 0 Å². The lowest BCUT2D eigenvalue weighted by Gasteiger charge is -2.17. The molecule has 22 heavy (non-hydrogen) atoms. The lowest BCUT2D eigenvalue weighted by molar-refractivity contribution is -0.142. The monoisotopic (exact) mass is 366 g/mol. The molecule has 0 amide bonds. The maximum absolute atomic E-state index is 12.0. The Hall–Kier alpha value is -1.31. The molecule has 0 spiro atoms. The van der Waals surface area contributed by atoms with Crippen molar-refractivity contribution in [2.24, 2.45) is 5.10 Å². The van der Waals surface area contributed by atoms with E-state index in [1.807, 2.05) is 11.8 Å². The van der Waals surface area contributed by atoms with Crippen LogP contribution in [0, 0.1) is 6.92 Å². The number of alkyl halides is 2. The second-order valence-corrected chi connectivity index (χ2v) is 7.39. The molecule has 1 N–H and O–H groups in total. The van der Waals surface area contributed by atoms with E-state index in [2.05, 4.69) is 5.10 Å². The Bertz CT molecular complexity index is 670. The van der Waals surface area contributed by atoms with Crippen LogP contribution in [0.2, 0.25) is 0 Å². The Morgan fingerprint density at radius 1 is 1.32 bits per heavy atom. The molecule has 0 atom stereocenters. The Labute approximate surface area is 139 Å². The summed E-state index contributed by atoms with van der Waals surface area (Å²) in [5, 5.41) is 3.58. The number of esters is 1. The Kier molecular flexibility index (Phi) is 6.22. The highest BCUT2D eigenvalue weighted by Crippen LogP contribution is 2.25. The molecule has 0 bridgehead atoms. The van der Waals surface area contributed by atoms with E-state index < -0.39 is 20.3 Å². The SMILES string of the molecule is CCOC(=O)C(Cl)(Cl)C(C)=NNS(=O)(=O)c1ccc(C)cc1. The average Bonchev–Trinajstić information content (AvgIpc) is 2.45. The van der Waals surface area contributed by atoms with Gasteiger partial charge >= 0.3 is 5.97 Å². The van der Waals surface area contributed by atoms with Crippen LogP contribution in [0.3, 0.4) is 0 Å². The average molecular weight is 367 g/mol. The molecule has 1 aromatic rings. The van der Waals surface area contributed by atoms with Gasteiger partial charge in [-0.25, -0.2) is 9.63 Å². The molecule has 9 heteroatoms. The summed E-state index contributed by atoms with van der Waals surface area (Å²) in [5.74, 6) is -0.922. The van der Waals surface area contributed by atoms with E-state index in [4.69, 9.17) is 27.9 Å². The number of benzene rings is 1. The number of aryl methyl sites for hydroxylation is 1. The number of rotatable bonds is 6. The number of halogens is 2. The highest BCUT2D eigenvalue weighted by Gasteiger charge is 2.39. The van der Waals surface area contributed by atoms with Crippen molar-refractivity contribution in [3.05, 3.63) is 29.8 Å². The van der Waals surface area contributed by atoms with Crippen molar-refractivity contribution >= 4 is 44.9 Å². The van der Waals surface area contributed by atoms with Crippen LogP contribution in [0.5, 0.6) is 0 Å². The van der Waals surface area contributed by atoms with Gasteiger partial charge in [-0.3, -0.25) is 0 Å². The van der Waals surface area contributed by atoms with Gasteiger partial charge in [0.05, 0.1) is 17.2 Å². The predicted molar refractivity (Wildman–Crippen MR) is 85.7 cm³/mol. The smallest absolute Gasteiger partial charge is 0.348 e. The number of hydrazone groups is 1. The number of hydrogen-bond donors (Lipinski definition) is 1. The van der Waals surface area contributed by atoms with Gasteiger partial charge in [-0.1, -0.05) is 40.9 Å². The zero-order valence-electron chi connectivity index (χ0n) is 12.3. The molecule has 0 aliphatic carbocycles. The summed E-state index contributed by atoms with van der Waals surface area (Å²) < 4.78 is 26.7. The number of carbonyl (C=O) groups excluding carboxylic acids is 1. The first kappa shape index (κ1) is 18.7. The number of carbonyl (C=O) groups is 1. The van der Waals surface area contributed by atoms with Crippen LogP contribution in [-0.4, -0.2) is 31.0 Å². The first-order valence-corrected chi connectivity index (χ1v) is 8.53. The third-order valence-corrected chi connectivity index (χ3v) is 4.73. The van der Waals surface area contributed by atoms with Crippen LogP contribution in [0.25, 0.3) is 0 Å². The van der Waals surface area contributed by atoms with Gasteiger partial charge in [0.2, 0.25) is 0 Å². The summed E-state index contributed by atoms with van der Waals surface area (Å²) in [7, 11) is -3.88. The quantitative estimate of drug-likeness (QED) is 0.362. The molecule has 0 saturated carbocycles. The van der Waals surface area contributed by atoms with Crippen molar-refractivity contribution < 1.29 is 17.9 Å². The molecule has 0 radical (unpaired) electrons. The minimum Gasteiger partial charge on any atom is -0.463 e. The fourth-order valence-corrected chi connectivity index (χ4v) is 2.39. The van der Waals surface area contributed by atoms with E-state index in [0.717, 1.165) is 5.56 Å². The van der Waals surface area contributed by atoms with Gasteiger partial charge in [0.15, 0.2) is 0 Å². The molecule has 0 fully saturated rings. The number of nitrogens with zero attached hydrogens (tertiary/aromatic N) is 1. The van der Waals surface area contributed by atoms with E-state index in [9.17, 15) is 13.2 Å². The number of nitrogens with one attached hydrogen (secondary N) is 1. The van der Waals surface area contributed by atoms with Crippen LogP contribution in [0.15, 0.2) is 34.3 Å². The van der Waals surface area contributed by atoms with Gasteiger partial charge in [-0.2, -0.15) is 13.5 Å². The molecular weight excluding hydrogens is 351 g/mol. The zero-order valence-corrected chi connectivity index (χ0v) is 14.6. The van der Waals surface area contributed by atoms with Crippen LogP contribution in [-0.2, 0) is 19.6 Å². The van der Waals surface area contributed by atoms with E-state index in [1.165, 1.54) is 19.1 Å². The molecule has 0 aliphatic rings. The predicted octanol–water partition coefficient (Wildman–Crippen LogP) is 2.39. The molecule has 0 aliphatic heterocycles. The Balaban J connectivity index is 2.94. The van der Waals surface area contributed by atoms with E-state index >= 15 is 0 Å². The molecule has 1 aromatic carbocycles. The summed E-state index contributed by atoms with van der Waals surface area (Å²) in [6, 6.07) is 6.17. The molecular formula is C13H16Cl2N2O4S. The molecule has 1 rings (SSSR count). The lowest BCUT2D eigenvalue weighted by Crippen LogP contribution is -2.37. The summed E-state index contributed by atoms with van der Waals surface area (Å²) in [6.45, 7) is 4.83. The fraction of sp³-hybridized carbons (Fsp3) is 0.385. The van der Waals surface area contributed by atoms with Crippen molar-refractivity contribution in [3.63, 3.8) is 0 Å². The van der Waals surface area contributed by atoms with Gasteiger partial charge < -0.3 is 4.74 Å². The minimum absolute atomic E-state index is 0.0283. The maximum Gasteiger partial charge on any atom is 0.348 e. The van der Waals surface area contributed by atoms with Gasteiger partial charge in [0.1, 0.15) is 0 Å². The van der Waals surface area contributed by atoms with Crippen molar-refractivity contribution in [2.45, 2.75) is 30.0 Å². The van der Waals surface area contributed by atoms with Gasteiger partial charge in [-0.15, -0.1) is 0 Å². The standard InChI is InChI=1S/C13H16Cl2N2O4S/c1-4-21-12(18)13(14,15)10(3)16-17-22(19,20)11-7-5-9(2)6-8-11/h5-8,17H,4H2,1-3H3. The van der Waals surface area contributed by atoms with Crippen LogP contribution >= 0.6 is 23.2 Å². The molecule has 0 saturated heterocycles. The molecule has 6 nitrogen and oxygen atoms in total. The highest BCUT2D eigenvalue weighted by atomic mass is 35.5. The van der Waals surface area contributed by atoms with E-state index in [1.54, 1.807) is 19.1 Å². The third kappa shape index (κ3) is 4.59. The van der Waals surface area contributed by atoms with Crippen molar-refractivity contribution in [2.75, 3.05) is 6.61 Å². The van der Waals surface area contributed by atoms with Crippen LogP contribution in [0.4, 0.5) is 0 Å². The normalized spacial score (nSPS) is 12.9. The fourth-order valence-electron chi connectivity index (χ4n) is 1.34. The van der Waals surface area contributed by atoms with Crippen molar-refractivity contribution in [3.8, 4) is 0 Å². The molecule has 0 heterocycles. The number of hydrogen-bond acceptors (Lipinski definition) is 5. The summed E-state index contributed by atoms with van der Waals surface area (Å²) in [5.41, 5.74) is 0.770. The summed E-state index contributed by atoms with van der Waals surface area (Å²) in [6.07, 6.45) is 0. The summed E-state index contributed by atoms with van der Waals surface area (Å²) in [4.78, 5) is 13.6. The largest absolute Gasteiger partial charge is 0.463 e. The highest BCUT2D eigenvalue weighted by molar-refractivity contribution is 7.89. The number of sulfonamides is 1. The molecule has 122 valence electrons. The van der Waals surface area contributed by atoms with Gasteiger partial charge in [0.25, 0.3) is 14.4 Å².